The first-order valence-electron chi connectivity index (χ1n) is 10.7. The lowest BCUT2D eigenvalue weighted by Crippen LogP contribution is -2.00. The van der Waals surface area contributed by atoms with E-state index in [0.29, 0.717) is 0 Å². The second-order valence-electron chi connectivity index (χ2n) is 6.63. The van der Waals surface area contributed by atoms with Gasteiger partial charge in [0.2, 0.25) is 0 Å². The van der Waals surface area contributed by atoms with E-state index in [-0.39, 0.29) is 0 Å². The molecule has 0 bridgehead atoms. The van der Waals surface area contributed by atoms with E-state index in [1.54, 1.807) is 0 Å². The highest BCUT2D eigenvalue weighted by molar-refractivity contribution is 7.80. The highest BCUT2D eigenvalue weighted by Gasteiger charge is 2.52. The van der Waals surface area contributed by atoms with E-state index in [1.807, 2.05) is 0 Å². The summed E-state index contributed by atoms with van der Waals surface area (Å²) in [5.41, 5.74) is 0. The zero-order valence-electron chi connectivity index (χ0n) is 24.2. The smallest absolute Gasteiger partial charge is 0.285 e. The molecule has 0 amide bonds. The van der Waals surface area contributed by atoms with Crippen molar-refractivity contribution < 1.29 is 92.4 Å². The third-order valence-electron chi connectivity index (χ3n) is 2.69. The predicted molar refractivity (Wildman–Crippen MR) is 155 cm³/mol. The van der Waals surface area contributed by atoms with Crippen molar-refractivity contribution in [3.63, 3.8) is 0 Å². The summed E-state index contributed by atoms with van der Waals surface area (Å²) in [5.74, 6) is -4.48. The topological polar surface area (TPSA) is 279 Å². The van der Waals surface area contributed by atoms with Gasteiger partial charge in [0, 0.05) is 0 Å². The Kier molecular flexibility index (Phi) is 21.8. The maximum Gasteiger partial charge on any atom is 0.513 e. The van der Waals surface area contributed by atoms with E-state index in [9.17, 15) is 54.8 Å². The van der Waals surface area contributed by atoms with E-state index in [0.717, 1.165) is 40.0 Å². The highest BCUT2D eigenvalue weighted by atomic mass is 31.3. The van der Waals surface area contributed by atoms with Crippen molar-refractivity contribution in [2.24, 2.45) is 0 Å². The second-order valence-corrected chi connectivity index (χ2v) is 24.3. The van der Waals surface area contributed by atoms with Crippen molar-refractivity contribution in [1.29, 1.82) is 0 Å². The fraction of sp³-hybridized carbons (Fsp3) is 1.00. The van der Waals surface area contributed by atoms with Crippen LogP contribution < -0.4 is 0 Å². The van der Waals surface area contributed by atoms with Crippen LogP contribution in [0.25, 0.3) is 0 Å². The lowest BCUT2D eigenvalue weighted by atomic mass is 11.7. The van der Waals surface area contributed by atoms with Gasteiger partial charge in [-0.1, -0.05) is 25.9 Å². The van der Waals surface area contributed by atoms with Gasteiger partial charge in [0.05, 0.1) is 2.74 Å². The summed E-state index contributed by atoms with van der Waals surface area (Å²) in [6, 6.07) is 0. The van der Waals surface area contributed by atoms with Crippen LogP contribution in [0.15, 0.2) is 0 Å². The molecule has 8 unspecified atom stereocenters. The molecule has 0 aromatic rings. The molecule has 240 valence electrons. The lowest BCUT2D eigenvalue weighted by Gasteiger charge is -2.11. The third kappa shape index (κ3) is 23.7. The Hall–Kier alpha value is 1.40. The largest absolute Gasteiger partial charge is 0.513 e. The van der Waals surface area contributed by atoms with E-state index < -0.39 is 120 Å². The van der Waals surface area contributed by atoms with Crippen molar-refractivity contribution in [1.82, 2.24) is 0 Å². The Morgan fingerprint density at radius 1 is 0.524 bits per heavy atom. The van der Waals surface area contributed by atoms with Crippen molar-refractivity contribution in [2.45, 2.75) is 0 Å². The molecule has 0 N–H and O–H groups in total. The molecule has 0 aliphatic rings. The number of hydrogen-bond acceptors (Lipinski definition) is 20. The fourth-order valence-corrected chi connectivity index (χ4v) is 20.8. The van der Waals surface area contributed by atoms with Crippen LogP contribution in [0, 0.1) is 0 Å². The average molecular weight is 840 g/mol. The molecule has 0 fully saturated rings. The van der Waals surface area contributed by atoms with Crippen LogP contribution in [-0.2, 0) is 89.7 Å². The lowest BCUT2D eigenvalue weighted by molar-refractivity contribution is 0.368. The molecule has 0 saturated carbocycles. The first-order valence-corrected chi connectivity index (χ1v) is 28.0. The van der Waals surface area contributed by atoms with Crippen LogP contribution in [0.4, 0.5) is 0 Å². The van der Waals surface area contributed by atoms with Crippen LogP contribution in [0.1, 0.15) is 2.74 Å². The van der Waals surface area contributed by atoms with Gasteiger partial charge < -0.3 is 0 Å². The zero-order chi connectivity index (χ0) is 35.2. The van der Waals surface area contributed by atoms with Gasteiger partial charge in [0.1, 0.15) is 24.5 Å². The molecule has 0 aromatic carbocycles. The van der Waals surface area contributed by atoms with E-state index >= 15 is 0 Å². The van der Waals surface area contributed by atoms with Gasteiger partial charge >= 0.3 is 80.7 Å². The van der Waals surface area contributed by atoms with E-state index in [1.165, 1.54) is 0 Å². The maximum atomic E-state index is 12.6. The minimum absolute atomic E-state index is 0.787. The summed E-state index contributed by atoms with van der Waals surface area (Å²) in [6.07, 6.45) is -1.98. The monoisotopic (exact) mass is 840 g/mol. The van der Waals surface area contributed by atoms with Gasteiger partial charge in [0.15, 0.2) is 40.0 Å². The van der Waals surface area contributed by atoms with E-state index in [2.05, 4.69) is 34.9 Å². The predicted octanol–water partition coefficient (Wildman–Crippen LogP) is 9.52. The van der Waals surface area contributed by atoms with Crippen molar-refractivity contribution >= 4 is 95.5 Å². The van der Waals surface area contributed by atoms with Gasteiger partial charge in [-0.2, -0.15) is 0 Å². The molecular weight excluding hydrogens is 812 g/mol. The fourth-order valence-electron chi connectivity index (χ4n) is 1.99. The Morgan fingerprint density at radius 3 is 1.12 bits per heavy atom. The molecule has 0 aliphatic heterocycles. The minimum atomic E-state index is -5.19. The quantitative estimate of drug-likeness (QED) is 0.0917. The number of rotatable bonds is 22. The van der Waals surface area contributed by atoms with Crippen LogP contribution in [0.3, 0.4) is 0 Å². The SMILES string of the molecule is C[P+](=O)OP(=O)(COP=O)CP(=O)(O[P+](C)=O)O[P+](C)=O.[2H]C([2H])(P(=O)(COP=O)O[P+](C)=O)P(=O)(O[P+](C)=O)O[P+](C)=O. The highest BCUT2D eigenvalue weighted by Crippen LogP contribution is 2.71. The molecular formula is C10H26O20P12+6. The minimum Gasteiger partial charge on any atom is -0.285 e. The summed E-state index contributed by atoms with van der Waals surface area (Å²) in [4.78, 5) is 0. The first-order chi connectivity index (χ1) is 19.8. The van der Waals surface area contributed by atoms with Crippen LogP contribution in [0.2, 0.25) is 0 Å². The van der Waals surface area contributed by atoms with Crippen LogP contribution >= 0.6 is 95.5 Å². The molecule has 0 spiro atoms. The molecule has 0 aromatic heterocycles. The standard InChI is InChI=1S/2C5H13O10P6/c2*1-17(7)13-20(10,4-12-16-6)5-21(11,14-18(2)8)15-19(3)9/h2*4-5H2,1-3H3/q2*+3/i5D2;. The van der Waals surface area contributed by atoms with Gasteiger partial charge in [-0.15, -0.1) is 0 Å². The Labute approximate surface area is 252 Å². The summed E-state index contributed by atoms with van der Waals surface area (Å²) in [7, 11) is -35.6. The normalized spacial score (nSPS) is 20.5. The summed E-state index contributed by atoms with van der Waals surface area (Å²) >= 11 is 0. The summed E-state index contributed by atoms with van der Waals surface area (Å²) in [6.45, 7) is 5.95. The maximum absolute atomic E-state index is 12.6. The van der Waals surface area contributed by atoms with Crippen molar-refractivity contribution in [3.05, 3.63) is 0 Å². The number of hydrogen-bond donors (Lipinski definition) is 0. The van der Waals surface area contributed by atoms with Crippen LogP contribution in [-0.4, -0.2) is 64.4 Å². The summed E-state index contributed by atoms with van der Waals surface area (Å²) in [5, 5.41) is 0. The molecule has 0 saturated heterocycles. The Bertz CT molecular complexity index is 1290. The molecule has 32 heteroatoms. The van der Waals surface area contributed by atoms with Crippen molar-refractivity contribution in [2.75, 3.05) is 64.4 Å². The van der Waals surface area contributed by atoms with Gasteiger partial charge in [0.25, 0.3) is 14.7 Å². The molecule has 20 nitrogen and oxygen atoms in total. The van der Waals surface area contributed by atoms with Gasteiger partial charge in [-0.25, -0.2) is 9.13 Å². The molecule has 0 radical (unpaired) electrons. The molecule has 0 heterocycles. The second kappa shape index (κ2) is 22.1. The molecule has 8 atom stereocenters. The van der Waals surface area contributed by atoms with Crippen LogP contribution in [0.5, 0.6) is 0 Å². The third-order valence-corrected chi connectivity index (χ3v) is 21.3. The van der Waals surface area contributed by atoms with Gasteiger partial charge in [-0.05, 0) is 27.4 Å². The first kappa shape index (κ1) is 41.4. The van der Waals surface area contributed by atoms with Gasteiger partial charge in [-0.3, -0.25) is 27.3 Å². The summed E-state index contributed by atoms with van der Waals surface area (Å²) < 4.78 is 189. The Balaban J connectivity index is 0. The molecule has 42 heavy (non-hydrogen) atoms. The Morgan fingerprint density at radius 2 is 0.810 bits per heavy atom. The van der Waals surface area contributed by atoms with Crippen molar-refractivity contribution in [3.8, 4) is 0 Å². The average Bonchev–Trinajstić information content (AvgIpc) is 2.78. The molecule has 0 aliphatic carbocycles. The van der Waals surface area contributed by atoms with E-state index in [4.69, 9.17) is 2.74 Å². The molecule has 0 rings (SSSR count). The zero-order valence-corrected chi connectivity index (χ0v) is 32.9.